The standard InChI is InChI=1S/C23H40O2/c1-5-14(2)17-6-7-18-21-19(9-11-23(17,18)4)22(3)10-8-16(24)12-15(22)13-20(21)25/h14-21,24-25H,5-13H2,1-4H3/t14-,15+,16-,17-,18+,19+,20?,21+,22+,23-/m1/s1. The van der Waals surface area contributed by atoms with Gasteiger partial charge in [-0.3, -0.25) is 0 Å². The number of aliphatic hydroxyl groups is 2. The molecule has 4 aliphatic rings. The van der Waals surface area contributed by atoms with Crippen molar-refractivity contribution in [3.63, 3.8) is 0 Å². The summed E-state index contributed by atoms with van der Waals surface area (Å²) in [4.78, 5) is 0. The van der Waals surface area contributed by atoms with Gasteiger partial charge in [0.05, 0.1) is 12.2 Å². The zero-order chi connectivity index (χ0) is 18.0. The Balaban J connectivity index is 1.63. The summed E-state index contributed by atoms with van der Waals surface area (Å²) in [6.07, 6.45) is 10.4. The molecule has 0 amide bonds. The predicted molar refractivity (Wildman–Crippen MR) is 102 cm³/mol. The highest BCUT2D eigenvalue weighted by molar-refractivity contribution is 5.11. The van der Waals surface area contributed by atoms with Gasteiger partial charge in [0.25, 0.3) is 0 Å². The minimum atomic E-state index is -0.131. The topological polar surface area (TPSA) is 40.5 Å². The summed E-state index contributed by atoms with van der Waals surface area (Å²) in [5, 5.41) is 21.4. The summed E-state index contributed by atoms with van der Waals surface area (Å²) >= 11 is 0. The molecule has 0 aromatic heterocycles. The van der Waals surface area contributed by atoms with Gasteiger partial charge >= 0.3 is 0 Å². The van der Waals surface area contributed by atoms with Gasteiger partial charge in [0.15, 0.2) is 0 Å². The van der Waals surface area contributed by atoms with Crippen molar-refractivity contribution in [2.24, 2.45) is 46.3 Å². The smallest absolute Gasteiger partial charge is 0.0577 e. The number of hydrogen-bond donors (Lipinski definition) is 2. The second-order valence-corrected chi connectivity index (χ2v) is 10.8. The monoisotopic (exact) mass is 348 g/mol. The van der Waals surface area contributed by atoms with Gasteiger partial charge < -0.3 is 10.2 Å². The van der Waals surface area contributed by atoms with Crippen molar-refractivity contribution in [2.75, 3.05) is 0 Å². The van der Waals surface area contributed by atoms with Crippen LogP contribution < -0.4 is 0 Å². The van der Waals surface area contributed by atoms with E-state index in [1.165, 1.54) is 38.5 Å². The van der Waals surface area contributed by atoms with Crippen LogP contribution >= 0.6 is 0 Å². The zero-order valence-electron chi connectivity index (χ0n) is 16.9. The third kappa shape index (κ3) is 2.57. The van der Waals surface area contributed by atoms with Gasteiger partial charge in [0, 0.05) is 0 Å². The van der Waals surface area contributed by atoms with E-state index in [1.807, 2.05) is 0 Å². The highest BCUT2D eigenvalue weighted by Crippen LogP contribution is 2.68. The normalized spacial score (nSPS) is 56.6. The van der Waals surface area contributed by atoms with E-state index in [4.69, 9.17) is 0 Å². The van der Waals surface area contributed by atoms with Crippen molar-refractivity contribution < 1.29 is 10.2 Å². The van der Waals surface area contributed by atoms with Crippen LogP contribution in [0.2, 0.25) is 0 Å². The number of hydrogen-bond acceptors (Lipinski definition) is 2. The Morgan fingerprint density at radius 2 is 1.60 bits per heavy atom. The lowest BCUT2D eigenvalue weighted by Gasteiger charge is -2.62. The maximum absolute atomic E-state index is 11.2. The quantitative estimate of drug-likeness (QED) is 0.735. The van der Waals surface area contributed by atoms with Crippen molar-refractivity contribution in [3.05, 3.63) is 0 Å². The molecule has 144 valence electrons. The SMILES string of the molecule is CC[C@@H](C)[C@H]1CC[C@H]2[C@@H]3C(O)C[C@@H]4C[C@H](O)CC[C@]4(C)[C@H]3CC[C@]12C. The fourth-order valence-electron chi connectivity index (χ4n) is 8.46. The molecule has 4 aliphatic carbocycles. The Hall–Kier alpha value is -0.0800. The lowest BCUT2D eigenvalue weighted by atomic mass is 9.43. The molecule has 1 unspecified atom stereocenters. The summed E-state index contributed by atoms with van der Waals surface area (Å²) in [5.41, 5.74) is 0.813. The number of aliphatic hydroxyl groups excluding tert-OH is 2. The molecule has 0 saturated heterocycles. The molecular formula is C23H40O2. The van der Waals surface area contributed by atoms with E-state index < -0.39 is 0 Å². The Bertz CT molecular complexity index is 504. The van der Waals surface area contributed by atoms with Crippen molar-refractivity contribution in [3.8, 4) is 0 Å². The molecule has 4 rings (SSSR count). The molecule has 0 aromatic rings. The van der Waals surface area contributed by atoms with Crippen molar-refractivity contribution in [2.45, 2.75) is 97.7 Å². The molecule has 0 heterocycles. The second-order valence-electron chi connectivity index (χ2n) is 10.8. The molecule has 0 bridgehead atoms. The van der Waals surface area contributed by atoms with Crippen LogP contribution in [-0.2, 0) is 0 Å². The second kappa shape index (κ2) is 6.23. The zero-order valence-corrected chi connectivity index (χ0v) is 16.9. The molecule has 0 spiro atoms. The summed E-state index contributed by atoms with van der Waals surface area (Å²) < 4.78 is 0. The molecule has 4 saturated carbocycles. The van der Waals surface area contributed by atoms with Gasteiger partial charge in [0.1, 0.15) is 0 Å². The van der Waals surface area contributed by atoms with E-state index in [1.54, 1.807) is 0 Å². The lowest BCUT2D eigenvalue weighted by Crippen LogP contribution is -2.58. The van der Waals surface area contributed by atoms with E-state index in [0.29, 0.717) is 28.6 Å². The van der Waals surface area contributed by atoms with Crippen LogP contribution in [0.25, 0.3) is 0 Å². The van der Waals surface area contributed by atoms with Gasteiger partial charge in [0.2, 0.25) is 0 Å². The predicted octanol–water partition coefficient (Wildman–Crippen LogP) is 5.02. The molecule has 4 fully saturated rings. The van der Waals surface area contributed by atoms with E-state index in [0.717, 1.165) is 37.0 Å². The van der Waals surface area contributed by atoms with E-state index >= 15 is 0 Å². The molecule has 2 heteroatoms. The van der Waals surface area contributed by atoms with Crippen molar-refractivity contribution in [1.82, 2.24) is 0 Å². The Kier molecular flexibility index (Phi) is 4.56. The van der Waals surface area contributed by atoms with Crippen LogP contribution in [0.1, 0.15) is 85.5 Å². The van der Waals surface area contributed by atoms with Crippen LogP contribution in [0, 0.1) is 46.3 Å². The van der Waals surface area contributed by atoms with Gasteiger partial charge in [-0.05, 0) is 97.7 Å². The first-order valence-corrected chi connectivity index (χ1v) is 11.2. The van der Waals surface area contributed by atoms with Crippen LogP contribution in [0.3, 0.4) is 0 Å². The lowest BCUT2D eigenvalue weighted by molar-refractivity contribution is -0.174. The highest BCUT2D eigenvalue weighted by Gasteiger charge is 2.62. The van der Waals surface area contributed by atoms with E-state index in [2.05, 4.69) is 27.7 Å². The molecule has 25 heavy (non-hydrogen) atoms. The maximum atomic E-state index is 11.2. The third-order valence-corrected chi connectivity index (χ3v) is 10.1. The van der Waals surface area contributed by atoms with Crippen LogP contribution in [0.15, 0.2) is 0 Å². The highest BCUT2D eigenvalue weighted by atomic mass is 16.3. The minimum Gasteiger partial charge on any atom is -0.393 e. The third-order valence-electron chi connectivity index (χ3n) is 10.1. The first-order chi connectivity index (χ1) is 11.8. The van der Waals surface area contributed by atoms with Crippen LogP contribution in [-0.4, -0.2) is 22.4 Å². The Morgan fingerprint density at radius 1 is 0.920 bits per heavy atom. The average Bonchev–Trinajstić information content (AvgIpc) is 2.93. The Morgan fingerprint density at radius 3 is 2.32 bits per heavy atom. The summed E-state index contributed by atoms with van der Waals surface area (Å²) in [5.74, 6) is 4.13. The van der Waals surface area contributed by atoms with E-state index in [9.17, 15) is 10.2 Å². The van der Waals surface area contributed by atoms with Gasteiger partial charge in [-0.25, -0.2) is 0 Å². The molecular weight excluding hydrogens is 308 g/mol. The molecule has 10 atom stereocenters. The molecule has 2 nitrogen and oxygen atoms in total. The molecule has 0 radical (unpaired) electrons. The molecule has 0 aromatic carbocycles. The first-order valence-electron chi connectivity index (χ1n) is 11.2. The van der Waals surface area contributed by atoms with Crippen molar-refractivity contribution >= 4 is 0 Å². The fourth-order valence-corrected chi connectivity index (χ4v) is 8.46. The molecule has 2 N–H and O–H groups in total. The number of rotatable bonds is 2. The largest absolute Gasteiger partial charge is 0.393 e. The molecule has 0 aliphatic heterocycles. The summed E-state index contributed by atoms with van der Waals surface area (Å²) in [6.45, 7) is 9.89. The minimum absolute atomic E-state index is 0.128. The average molecular weight is 349 g/mol. The Labute approximate surface area is 154 Å². The number of fused-ring (bicyclic) bond motifs is 5. The maximum Gasteiger partial charge on any atom is 0.0577 e. The first kappa shape index (κ1) is 18.3. The fraction of sp³-hybridized carbons (Fsp3) is 1.00. The summed E-state index contributed by atoms with van der Waals surface area (Å²) in [7, 11) is 0. The van der Waals surface area contributed by atoms with Gasteiger partial charge in [-0.1, -0.05) is 34.1 Å². The van der Waals surface area contributed by atoms with Crippen LogP contribution in [0.5, 0.6) is 0 Å². The van der Waals surface area contributed by atoms with Gasteiger partial charge in [-0.15, -0.1) is 0 Å². The summed E-state index contributed by atoms with van der Waals surface area (Å²) in [6, 6.07) is 0. The van der Waals surface area contributed by atoms with E-state index in [-0.39, 0.29) is 12.2 Å². The van der Waals surface area contributed by atoms with Gasteiger partial charge in [-0.2, -0.15) is 0 Å². The van der Waals surface area contributed by atoms with Crippen molar-refractivity contribution in [1.29, 1.82) is 0 Å². The van der Waals surface area contributed by atoms with Crippen LogP contribution in [0.4, 0.5) is 0 Å².